The Balaban J connectivity index is 1.18. The summed E-state index contributed by atoms with van der Waals surface area (Å²) in [6.07, 6.45) is 0. The zero-order valence-electron chi connectivity index (χ0n) is 31.8. The van der Waals surface area contributed by atoms with Gasteiger partial charge in [-0.15, -0.1) is 11.3 Å². The quantitative estimate of drug-likeness (QED) is 0.166. The van der Waals surface area contributed by atoms with Gasteiger partial charge in [0.2, 0.25) is 0 Å². The number of furan rings is 1. The highest BCUT2D eigenvalue weighted by Gasteiger charge is 2.48. The first-order valence-electron chi connectivity index (χ1n) is 20.2. The Morgan fingerprint density at radius 2 is 0.915 bits per heavy atom. The lowest BCUT2D eigenvalue weighted by molar-refractivity contribution is 0.651. The fourth-order valence-electron chi connectivity index (χ4n) is 10.0. The first-order valence-corrected chi connectivity index (χ1v) is 21.0. The summed E-state index contributed by atoms with van der Waals surface area (Å²) in [4.78, 5) is 5.08. The van der Waals surface area contributed by atoms with E-state index in [1.54, 1.807) is 0 Å². The van der Waals surface area contributed by atoms with Crippen LogP contribution in [0.2, 0.25) is 0 Å². The molecule has 0 saturated heterocycles. The topological polar surface area (TPSA) is 19.6 Å². The molecule has 59 heavy (non-hydrogen) atoms. The van der Waals surface area contributed by atoms with E-state index < -0.39 is 0 Å². The molecule has 4 heterocycles. The maximum atomic E-state index is 7.24. The van der Waals surface area contributed by atoms with Gasteiger partial charge in [0.05, 0.1) is 27.7 Å². The summed E-state index contributed by atoms with van der Waals surface area (Å²) < 4.78 is 8.50. The van der Waals surface area contributed by atoms with Crippen molar-refractivity contribution >= 4 is 111 Å². The van der Waals surface area contributed by atoms with Crippen molar-refractivity contribution in [1.29, 1.82) is 0 Å². The molecule has 274 valence electrons. The number of rotatable bonds is 4. The summed E-state index contributed by atoms with van der Waals surface area (Å²) in [6.45, 7) is -0.136. The molecule has 2 aliphatic rings. The second-order valence-corrected chi connectivity index (χ2v) is 16.6. The van der Waals surface area contributed by atoms with Crippen molar-refractivity contribution in [2.75, 3.05) is 9.80 Å². The molecule has 0 aliphatic carbocycles. The zero-order chi connectivity index (χ0) is 38.6. The van der Waals surface area contributed by atoms with E-state index in [1.165, 1.54) is 69.8 Å². The summed E-state index contributed by atoms with van der Waals surface area (Å²) in [7, 11) is 0. The molecule has 2 aliphatic heterocycles. The van der Waals surface area contributed by atoms with Crippen molar-refractivity contribution in [1.82, 2.24) is 0 Å². The third-order valence-electron chi connectivity index (χ3n) is 12.4. The Morgan fingerprint density at radius 1 is 0.390 bits per heavy atom. The number of hydrogen-bond acceptors (Lipinski definition) is 4. The molecule has 3 nitrogen and oxygen atoms in total. The van der Waals surface area contributed by atoms with Gasteiger partial charge in [-0.3, -0.25) is 0 Å². The van der Waals surface area contributed by atoms with E-state index in [4.69, 9.17) is 4.42 Å². The highest BCUT2D eigenvalue weighted by atomic mass is 32.1. The van der Waals surface area contributed by atoms with Gasteiger partial charge < -0.3 is 14.2 Å². The van der Waals surface area contributed by atoms with Gasteiger partial charge in [-0.1, -0.05) is 158 Å². The predicted molar refractivity (Wildman–Crippen MR) is 252 cm³/mol. The van der Waals surface area contributed by atoms with Crippen LogP contribution in [0.1, 0.15) is 0 Å². The maximum absolute atomic E-state index is 7.24. The molecule has 11 aromatic rings. The van der Waals surface area contributed by atoms with Crippen LogP contribution in [-0.4, -0.2) is 6.71 Å². The minimum atomic E-state index is -0.136. The largest absolute Gasteiger partial charge is 0.468 e. The van der Waals surface area contributed by atoms with E-state index in [1.807, 2.05) is 11.3 Å². The van der Waals surface area contributed by atoms with Crippen molar-refractivity contribution in [3.8, 4) is 22.3 Å². The molecule has 0 atom stereocenters. The van der Waals surface area contributed by atoms with E-state index in [9.17, 15) is 0 Å². The fourth-order valence-corrected chi connectivity index (χ4v) is 11.3. The van der Waals surface area contributed by atoms with Crippen molar-refractivity contribution < 1.29 is 4.42 Å². The van der Waals surface area contributed by atoms with Crippen LogP contribution >= 0.6 is 11.3 Å². The lowest BCUT2D eigenvalue weighted by atomic mass is 9.35. The molecule has 0 radical (unpaired) electrons. The fraction of sp³-hybridized carbons (Fsp3) is 0. The molecule has 0 saturated carbocycles. The Bertz CT molecular complexity index is 3480. The Morgan fingerprint density at radius 3 is 1.58 bits per heavy atom. The van der Waals surface area contributed by atoms with Gasteiger partial charge in [-0.2, -0.15) is 0 Å². The first-order chi connectivity index (χ1) is 29.3. The number of anilines is 6. The molecule has 0 fully saturated rings. The monoisotopic (exact) mass is 768 g/mol. The average molecular weight is 769 g/mol. The zero-order valence-corrected chi connectivity index (χ0v) is 32.7. The normalized spacial score (nSPS) is 13.0. The molecule has 0 amide bonds. The van der Waals surface area contributed by atoms with Crippen molar-refractivity contribution in [2.24, 2.45) is 0 Å². The SMILES string of the molecule is c1ccc(-c2c(N3c4cccc5c4B(c4oc6ccccc6c4N5c4ccc5ccccc5c4-c4ccccc4)c4c3sc3ccccc43)ccc3ccccc23)cc1. The predicted octanol–water partition coefficient (Wildman–Crippen LogP) is 13.4. The van der Waals surface area contributed by atoms with Crippen LogP contribution in [0.4, 0.5) is 33.4 Å². The number of benzene rings is 9. The molecule has 5 heteroatoms. The van der Waals surface area contributed by atoms with Crippen LogP contribution in [0, 0.1) is 0 Å². The highest BCUT2D eigenvalue weighted by molar-refractivity contribution is 7.26. The van der Waals surface area contributed by atoms with Crippen LogP contribution < -0.4 is 26.4 Å². The standard InChI is InChI=1S/C54H33BN2OS/c1-3-18-36(19-4-1)48-38-22-9-7-16-34(38)30-32-42(48)56-44-26-15-27-45-51(44)55(53-52(56)40-24-11-13-28-46(40)58-53)50-41-25-12-14-29-47(41)59-54(50)57(45)43-33-31-35-17-8-10-23-39(35)49(43)37-20-5-2-6-21-37/h1-33H. The molecule has 2 aromatic heterocycles. The number of fused-ring (bicyclic) bond motifs is 10. The number of hydrogen-bond donors (Lipinski definition) is 0. The number of thiophene rings is 1. The van der Waals surface area contributed by atoms with Crippen LogP contribution in [0.5, 0.6) is 0 Å². The molecule has 13 rings (SSSR count). The lowest BCUT2D eigenvalue weighted by Crippen LogP contribution is -2.60. The number of nitrogens with zero attached hydrogens (tertiary/aromatic N) is 2. The maximum Gasteiger partial charge on any atom is 0.298 e. The molecule has 0 N–H and O–H groups in total. The van der Waals surface area contributed by atoms with Gasteiger partial charge in [0.15, 0.2) is 0 Å². The summed E-state index contributed by atoms with van der Waals surface area (Å²) in [6, 6.07) is 73.0. The first kappa shape index (κ1) is 32.7. The lowest BCUT2D eigenvalue weighted by Gasteiger charge is -2.42. The Hall–Kier alpha value is -7.34. The van der Waals surface area contributed by atoms with Crippen LogP contribution in [-0.2, 0) is 0 Å². The van der Waals surface area contributed by atoms with Crippen molar-refractivity contribution in [2.45, 2.75) is 0 Å². The molecular weight excluding hydrogens is 735 g/mol. The van der Waals surface area contributed by atoms with E-state index in [0.717, 1.165) is 45.1 Å². The van der Waals surface area contributed by atoms with E-state index in [2.05, 4.69) is 210 Å². The van der Waals surface area contributed by atoms with Crippen LogP contribution in [0.25, 0.3) is 64.9 Å². The Labute approximate surface area is 345 Å². The average Bonchev–Trinajstić information content (AvgIpc) is 3.88. The van der Waals surface area contributed by atoms with E-state index >= 15 is 0 Å². The highest BCUT2D eigenvalue weighted by Crippen LogP contribution is 2.53. The Kier molecular flexibility index (Phi) is 6.98. The van der Waals surface area contributed by atoms with Gasteiger partial charge >= 0.3 is 0 Å². The van der Waals surface area contributed by atoms with Gasteiger partial charge in [0, 0.05) is 32.6 Å². The molecule has 0 bridgehead atoms. The molecular formula is C54H33BN2OS. The van der Waals surface area contributed by atoms with Crippen LogP contribution in [0.3, 0.4) is 0 Å². The van der Waals surface area contributed by atoms with Crippen LogP contribution in [0.15, 0.2) is 205 Å². The minimum absolute atomic E-state index is 0.136. The molecule has 0 spiro atoms. The second-order valence-electron chi connectivity index (χ2n) is 15.5. The van der Waals surface area contributed by atoms with Crippen molar-refractivity contribution in [3.63, 3.8) is 0 Å². The van der Waals surface area contributed by atoms with E-state index in [-0.39, 0.29) is 6.71 Å². The molecule has 0 unspecified atom stereocenters. The van der Waals surface area contributed by atoms with Crippen molar-refractivity contribution in [3.05, 3.63) is 200 Å². The third kappa shape index (κ3) is 4.65. The summed E-state index contributed by atoms with van der Waals surface area (Å²) >= 11 is 1.88. The van der Waals surface area contributed by atoms with Gasteiger partial charge in [-0.05, 0) is 91.4 Å². The van der Waals surface area contributed by atoms with E-state index in [0.29, 0.717) is 0 Å². The second kappa shape index (κ2) is 12.6. The van der Waals surface area contributed by atoms with Gasteiger partial charge in [-0.25, -0.2) is 0 Å². The van der Waals surface area contributed by atoms with Gasteiger partial charge in [0.25, 0.3) is 6.71 Å². The number of para-hydroxylation sites is 1. The minimum Gasteiger partial charge on any atom is -0.468 e. The third-order valence-corrected chi connectivity index (χ3v) is 13.6. The smallest absolute Gasteiger partial charge is 0.298 e. The summed E-state index contributed by atoms with van der Waals surface area (Å²) in [5.74, 6) is 0. The summed E-state index contributed by atoms with van der Waals surface area (Å²) in [5.41, 5.74) is 14.9. The van der Waals surface area contributed by atoms with Gasteiger partial charge in [0.1, 0.15) is 5.58 Å². The molecule has 9 aromatic carbocycles. The summed E-state index contributed by atoms with van der Waals surface area (Å²) in [5, 5.41) is 8.48.